The molecular weight excluding hydrogens is 307 g/mol. The van der Waals surface area contributed by atoms with E-state index in [4.69, 9.17) is 4.74 Å². The number of carbonyl (C=O) groups is 1. The smallest absolute Gasteiger partial charge is 0.230 e. The summed E-state index contributed by atoms with van der Waals surface area (Å²) in [4.78, 5) is 17.4. The Morgan fingerprint density at radius 2 is 2.08 bits per heavy atom. The number of methoxy groups -OCH3 is 1. The van der Waals surface area contributed by atoms with Gasteiger partial charge >= 0.3 is 0 Å². The van der Waals surface area contributed by atoms with Crippen molar-refractivity contribution in [2.45, 2.75) is 45.7 Å². The average molecular weight is 334 g/mol. The highest BCUT2D eigenvalue weighted by Crippen LogP contribution is 2.41. The van der Waals surface area contributed by atoms with Crippen LogP contribution in [0, 0.1) is 11.2 Å². The molecule has 1 amide bonds. The summed E-state index contributed by atoms with van der Waals surface area (Å²) in [6.07, 6.45) is 2.86. The Kier molecular flexibility index (Phi) is 4.81. The summed E-state index contributed by atoms with van der Waals surface area (Å²) < 4.78 is 19.3. The molecule has 0 aliphatic carbocycles. The topological polar surface area (TPSA) is 32.8 Å². The predicted molar refractivity (Wildman–Crippen MR) is 91.4 cm³/mol. The van der Waals surface area contributed by atoms with Gasteiger partial charge in [-0.1, -0.05) is 0 Å². The summed E-state index contributed by atoms with van der Waals surface area (Å²) >= 11 is 0. The second kappa shape index (κ2) is 6.71. The van der Waals surface area contributed by atoms with Crippen LogP contribution in [-0.2, 0) is 11.3 Å². The number of ether oxygens (including phenoxy) is 1. The number of halogens is 1. The Balaban J connectivity index is 1.77. The third-order valence-electron chi connectivity index (χ3n) is 5.55. The summed E-state index contributed by atoms with van der Waals surface area (Å²) in [6, 6.07) is 5.17. The number of amides is 1. The summed E-state index contributed by atoms with van der Waals surface area (Å²) in [7, 11) is 1.57. The van der Waals surface area contributed by atoms with E-state index in [9.17, 15) is 9.18 Å². The van der Waals surface area contributed by atoms with E-state index in [1.807, 2.05) is 4.90 Å². The van der Waals surface area contributed by atoms with E-state index in [-0.39, 0.29) is 17.1 Å². The van der Waals surface area contributed by atoms with Crippen LogP contribution in [0.25, 0.3) is 0 Å². The maximum absolute atomic E-state index is 14.1. The van der Waals surface area contributed by atoms with E-state index in [0.29, 0.717) is 30.4 Å². The maximum Gasteiger partial charge on any atom is 0.230 e. The fourth-order valence-electron chi connectivity index (χ4n) is 4.03. The molecule has 4 nitrogen and oxygen atoms in total. The van der Waals surface area contributed by atoms with Gasteiger partial charge in [-0.3, -0.25) is 9.69 Å². The van der Waals surface area contributed by atoms with Crippen LogP contribution >= 0.6 is 0 Å². The maximum atomic E-state index is 14.1. The first-order chi connectivity index (χ1) is 11.4. The van der Waals surface area contributed by atoms with Crippen molar-refractivity contribution in [3.63, 3.8) is 0 Å². The summed E-state index contributed by atoms with van der Waals surface area (Å²) in [5.41, 5.74) is 0.260. The lowest BCUT2D eigenvalue weighted by Gasteiger charge is -2.40. The zero-order chi connectivity index (χ0) is 17.3. The highest BCUT2D eigenvalue weighted by Gasteiger charge is 2.48. The van der Waals surface area contributed by atoms with E-state index in [1.54, 1.807) is 19.2 Å². The molecule has 2 saturated heterocycles. The van der Waals surface area contributed by atoms with Gasteiger partial charge in [0.05, 0.1) is 12.5 Å². The van der Waals surface area contributed by atoms with Crippen molar-refractivity contribution in [3.05, 3.63) is 29.6 Å². The minimum atomic E-state index is -0.279. The van der Waals surface area contributed by atoms with Gasteiger partial charge in [0.25, 0.3) is 0 Å². The molecule has 132 valence electrons. The average Bonchev–Trinajstić information content (AvgIpc) is 2.99. The van der Waals surface area contributed by atoms with Crippen LogP contribution in [-0.4, -0.2) is 48.5 Å². The first-order valence-electron chi connectivity index (χ1n) is 8.81. The fourth-order valence-corrected chi connectivity index (χ4v) is 4.03. The monoisotopic (exact) mass is 334 g/mol. The van der Waals surface area contributed by atoms with Crippen LogP contribution in [0.4, 0.5) is 4.39 Å². The van der Waals surface area contributed by atoms with Crippen molar-refractivity contribution >= 4 is 5.91 Å². The largest absolute Gasteiger partial charge is 0.497 e. The van der Waals surface area contributed by atoms with E-state index in [2.05, 4.69) is 18.7 Å². The summed E-state index contributed by atoms with van der Waals surface area (Å²) in [5, 5.41) is 0. The zero-order valence-electron chi connectivity index (χ0n) is 14.8. The summed E-state index contributed by atoms with van der Waals surface area (Å²) in [6.45, 7) is 7.20. The number of nitrogens with zero attached hydrogens (tertiary/aromatic N) is 2. The zero-order valence-corrected chi connectivity index (χ0v) is 14.8. The standard InChI is InChI=1S/C19H27FN2O2/c1-14(2)22-10-8-19(13-22)7-4-9-21(18(19)23)12-15-11-16(24-3)5-6-17(15)20/h5-6,11,14H,4,7-10,12-13H2,1-3H3. The van der Waals surface area contributed by atoms with Gasteiger partial charge in [-0.05, 0) is 57.9 Å². The molecule has 0 radical (unpaired) electrons. The lowest BCUT2D eigenvalue weighted by molar-refractivity contribution is -0.146. The van der Waals surface area contributed by atoms with Gasteiger partial charge in [-0.2, -0.15) is 0 Å². The Labute approximate surface area is 143 Å². The second-order valence-corrected chi connectivity index (χ2v) is 7.38. The third kappa shape index (κ3) is 3.14. The van der Waals surface area contributed by atoms with Crippen LogP contribution in [0.1, 0.15) is 38.7 Å². The molecule has 1 unspecified atom stereocenters. The molecule has 1 atom stereocenters. The third-order valence-corrected chi connectivity index (χ3v) is 5.55. The molecule has 2 aliphatic rings. The SMILES string of the molecule is COc1ccc(F)c(CN2CCCC3(CCN(C(C)C)C3)C2=O)c1. The van der Waals surface area contributed by atoms with Crippen molar-refractivity contribution in [1.29, 1.82) is 0 Å². The Morgan fingerprint density at radius 3 is 2.75 bits per heavy atom. The molecular formula is C19H27FN2O2. The van der Waals surface area contributed by atoms with Gasteiger partial charge in [-0.15, -0.1) is 0 Å². The van der Waals surface area contributed by atoms with Crippen LogP contribution < -0.4 is 4.74 Å². The molecule has 0 saturated carbocycles. The fraction of sp³-hybridized carbons (Fsp3) is 0.632. The van der Waals surface area contributed by atoms with E-state index in [1.165, 1.54) is 6.07 Å². The van der Waals surface area contributed by atoms with Gasteiger partial charge in [0, 0.05) is 31.2 Å². The van der Waals surface area contributed by atoms with E-state index >= 15 is 0 Å². The normalized spacial score (nSPS) is 25.0. The molecule has 3 rings (SSSR count). The second-order valence-electron chi connectivity index (χ2n) is 7.38. The van der Waals surface area contributed by atoms with Gasteiger partial charge in [0.15, 0.2) is 0 Å². The lowest BCUT2D eigenvalue weighted by atomic mass is 9.78. The number of carbonyl (C=O) groups excluding carboxylic acids is 1. The minimum Gasteiger partial charge on any atom is -0.497 e. The first-order valence-corrected chi connectivity index (χ1v) is 8.81. The van der Waals surface area contributed by atoms with Crippen LogP contribution in [0.2, 0.25) is 0 Å². The number of hydrogen-bond donors (Lipinski definition) is 0. The Bertz CT molecular complexity index is 619. The van der Waals surface area contributed by atoms with Gasteiger partial charge in [0.2, 0.25) is 5.91 Å². The number of piperidine rings is 1. The molecule has 1 aromatic carbocycles. The van der Waals surface area contributed by atoms with Crippen LogP contribution in [0.15, 0.2) is 18.2 Å². The molecule has 0 aromatic heterocycles. The highest BCUT2D eigenvalue weighted by atomic mass is 19.1. The quantitative estimate of drug-likeness (QED) is 0.848. The Morgan fingerprint density at radius 1 is 1.29 bits per heavy atom. The number of benzene rings is 1. The van der Waals surface area contributed by atoms with E-state index < -0.39 is 0 Å². The molecule has 2 fully saturated rings. The van der Waals surface area contributed by atoms with Crippen LogP contribution in [0.3, 0.4) is 0 Å². The Hall–Kier alpha value is -1.62. The molecule has 0 N–H and O–H groups in total. The predicted octanol–water partition coefficient (Wildman–Crippen LogP) is 3.06. The number of likely N-dealkylation sites (tertiary alicyclic amines) is 2. The molecule has 5 heteroatoms. The number of hydrogen-bond acceptors (Lipinski definition) is 3. The highest BCUT2D eigenvalue weighted by molar-refractivity contribution is 5.84. The molecule has 2 heterocycles. The van der Waals surface area contributed by atoms with Crippen molar-refractivity contribution < 1.29 is 13.9 Å². The van der Waals surface area contributed by atoms with Gasteiger partial charge in [-0.25, -0.2) is 4.39 Å². The van der Waals surface area contributed by atoms with Crippen molar-refractivity contribution in [2.24, 2.45) is 5.41 Å². The summed E-state index contributed by atoms with van der Waals surface area (Å²) in [5.74, 6) is 0.537. The first kappa shape index (κ1) is 17.2. The number of rotatable bonds is 4. The molecule has 2 aliphatic heterocycles. The van der Waals surface area contributed by atoms with Crippen molar-refractivity contribution in [2.75, 3.05) is 26.7 Å². The van der Waals surface area contributed by atoms with Crippen LogP contribution in [0.5, 0.6) is 5.75 Å². The molecule has 24 heavy (non-hydrogen) atoms. The van der Waals surface area contributed by atoms with E-state index in [0.717, 1.165) is 32.4 Å². The molecule has 1 aromatic rings. The van der Waals surface area contributed by atoms with Crippen molar-refractivity contribution in [3.8, 4) is 5.75 Å². The van der Waals surface area contributed by atoms with Crippen molar-refractivity contribution in [1.82, 2.24) is 9.80 Å². The van der Waals surface area contributed by atoms with Gasteiger partial charge in [0.1, 0.15) is 11.6 Å². The molecule has 1 spiro atoms. The lowest BCUT2D eigenvalue weighted by Crippen LogP contribution is -2.50. The molecule has 0 bridgehead atoms. The van der Waals surface area contributed by atoms with Gasteiger partial charge < -0.3 is 9.64 Å². The minimum absolute atomic E-state index is 0.194.